The first kappa shape index (κ1) is 17.6. The Morgan fingerprint density at radius 2 is 0.600 bits per heavy atom. The molecule has 1 heteroatoms. The average Bonchev–Trinajstić information content (AvgIpc) is 2.94. The predicted molar refractivity (Wildman–Crippen MR) is 60.7 cm³/mol. The molecule has 0 unspecified atom stereocenters. The van der Waals surface area contributed by atoms with E-state index in [1.54, 1.807) is 0 Å². The molecule has 2 aliphatic carbocycles. The van der Waals surface area contributed by atoms with Crippen LogP contribution in [0.15, 0.2) is 12.2 Å². The van der Waals surface area contributed by atoms with Crippen LogP contribution >= 0.6 is 0 Å². The Bertz CT molecular complexity index is 90.1. The third-order valence-electron chi connectivity index (χ3n) is 1.22. The molecule has 0 atom stereocenters. The molecule has 0 aromatic carbocycles. The summed E-state index contributed by atoms with van der Waals surface area (Å²) >= 11 is 0. The van der Waals surface area contributed by atoms with Crippen LogP contribution in [0.25, 0.3) is 0 Å². The van der Waals surface area contributed by atoms with Crippen LogP contribution in [-0.2, 0) is 21.7 Å². The predicted octanol–water partition coefficient (Wildman–Crippen LogP) is 3.01. The zero-order valence-corrected chi connectivity index (χ0v) is 10.1. The third kappa shape index (κ3) is 16.8. The second kappa shape index (κ2) is 16.6. The molecular formula is C14H14Ti. The first-order chi connectivity index (χ1) is 6.91. The Hall–Kier alpha value is 0.194. The van der Waals surface area contributed by atoms with Crippen LogP contribution < -0.4 is 0 Å². The molecule has 0 bridgehead atoms. The van der Waals surface area contributed by atoms with Gasteiger partial charge in [-0.15, -0.1) is 0 Å². The van der Waals surface area contributed by atoms with Crippen LogP contribution in [-0.4, -0.2) is 0 Å². The van der Waals surface area contributed by atoms with E-state index in [-0.39, 0.29) is 21.7 Å². The molecule has 15 heavy (non-hydrogen) atoms. The van der Waals surface area contributed by atoms with Crippen molar-refractivity contribution in [2.45, 2.75) is 0 Å². The van der Waals surface area contributed by atoms with E-state index in [2.05, 4.69) is 0 Å². The smallest absolute Gasteiger partial charge is 0.394 e. The first-order valence-corrected chi connectivity index (χ1v) is 4.33. The minimum absolute atomic E-state index is 0. The second-order valence-electron chi connectivity index (χ2n) is 2.31. The van der Waals surface area contributed by atoms with Crippen molar-refractivity contribution in [1.82, 2.24) is 0 Å². The summed E-state index contributed by atoms with van der Waals surface area (Å²) in [5, 5.41) is 0. The molecule has 0 saturated heterocycles. The topological polar surface area (TPSA) is 0 Å². The van der Waals surface area contributed by atoms with Gasteiger partial charge >= 0.3 is 21.7 Å². The summed E-state index contributed by atoms with van der Waals surface area (Å²) in [6.07, 6.45) is 22.6. The van der Waals surface area contributed by atoms with Crippen LogP contribution in [0.5, 0.6) is 0 Å². The molecule has 0 N–H and O–H groups in total. The van der Waals surface area contributed by atoms with E-state index in [1.807, 2.05) is 64.2 Å². The molecule has 0 heterocycles. The van der Waals surface area contributed by atoms with Gasteiger partial charge < -0.3 is 25.3 Å². The maximum atomic E-state index is 4.72. The standard InChI is InChI=1S/2C5H5.C4H4.Ti/c2*1-2-4-5-3-1;1-3-4-2;/h2*1-5H;1-4H;/q;;-2;+2. The summed E-state index contributed by atoms with van der Waals surface area (Å²) in [5.41, 5.74) is 0. The molecule has 2 aliphatic rings. The maximum Gasteiger partial charge on any atom is 2.00 e. The molecule has 0 amide bonds. The fourth-order valence-corrected chi connectivity index (χ4v) is 0.642. The van der Waals surface area contributed by atoms with Gasteiger partial charge in [0.25, 0.3) is 0 Å². The van der Waals surface area contributed by atoms with E-state index in [4.69, 9.17) is 13.2 Å². The van der Waals surface area contributed by atoms with Crippen LogP contribution in [0.4, 0.5) is 0 Å². The largest absolute Gasteiger partial charge is 2.00 e. The van der Waals surface area contributed by atoms with Crippen LogP contribution in [0.2, 0.25) is 0 Å². The monoisotopic (exact) mass is 230 g/mol. The molecule has 2 fully saturated rings. The summed E-state index contributed by atoms with van der Waals surface area (Å²) < 4.78 is 0. The Kier molecular flexibility index (Phi) is 19.5. The van der Waals surface area contributed by atoms with Gasteiger partial charge in [0.15, 0.2) is 0 Å². The van der Waals surface area contributed by atoms with E-state index >= 15 is 0 Å². The van der Waals surface area contributed by atoms with E-state index in [1.165, 1.54) is 12.2 Å². The normalized spacial score (nSPS) is 17.3. The summed E-state index contributed by atoms with van der Waals surface area (Å²) in [5.74, 6) is 0. The molecule has 10 radical (unpaired) electrons. The Balaban J connectivity index is 0. The van der Waals surface area contributed by atoms with Crippen molar-refractivity contribution < 1.29 is 21.7 Å². The van der Waals surface area contributed by atoms with Gasteiger partial charge in [0.1, 0.15) is 0 Å². The first-order valence-electron chi connectivity index (χ1n) is 4.33. The zero-order chi connectivity index (χ0) is 10.5. The van der Waals surface area contributed by atoms with E-state index in [0.29, 0.717) is 0 Å². The average molecular weight is 230 g/mol. The fraction of sp³-hybridized carbons (Fsp3) is 0. The van der Waals surface area contributed by atoms with Crippen LogP contribution in [0, 0.1) is 77.4 Å². The molecule has 74 valence electrons. The van der Waals surface area contributed by atoms with Gasteiger partial charge in [0.05, 0.1) is 0 Å². The fourth-order valence-electron chi connectivity index (χ4n) is 0.642. The minimum atomic E-state index is 0. The zero-order valence-electron chi connectivity index (χ0n) is 8.58. The Morgan fingerprint density at radius 1 is 0.467 bits per heavy atom. The van der Waals surface area contributed by atoms with Crippen molar-refractivity contribution in [3.63, 3.8) is 0 Å². The quantitative estimate of drug-likeness (QED) is 0.369. The van der Waals surface area contributed by atoms with Gasteiger partial charge in [-0.05, 0) is 64.2 Å². The van der Waals surface area contributed by atoms with Gasteiger partial charge in [0.2, 0.25) is 0 Å². The van der Waals surface area contributed by atoms with Crippen molar-refractivity contribution >= 4 is 0 Å². The van der Waals surface area contributed by atoms with Crippen molar-refractivity contribution in [2.24, 2.45) is 0 Å². The molecule has 0 aromatic rings. The van der Waals surface area contributed by atoms with Gasteiger partial charge in [-0.1, -0.05) is 0 Å². The summed E-state index contributed by atoms with van der Waals surface area (Å²) in [7, 11) is 0. The molecule has 0 aliphatic heterocycles. The molecule has 2 rings (SSSR count). The van der Waals surface area contributed by atoms with Crippen LogP contribution in [0.3, 0.4) is 0 Å². The second-order valence-corrected chi connectivity index (χ2v) is 2.31. The third-order valence-corrected chi connectivity index (χ3v) is 1.22. The summed E-state index contributed by atoms with van der Waals surface area (Å²) in [4.78, 5) is 0. The van der Waals surface area contributed by atoms with Gasteiger partial charge in [-0.3, -0.25) is 0 Å². The van der Waals surface area contributed by atoms with Crippen molar-refractivity contribution in [1.29, 1.82) is 0 Å². The van der Waals surface area contributed by atoms with E-state index in [9.17, 15) is 0 Å². The van der Waals surface area contributed by atoms with Crippen molar-refractivity contribution in [3.8, 4) is 0 Å². The molecular weight excluding hydrogens is 216 g/mol. The molecule has 0 nitrogen and oxygen atoms in total. The number of rotatable bonds is 1. The number of hydrogen-bond donors (Lipinski definition) is 0. The van der Waals surface area contributed by atoms with Crippen molar-refractivity contribution in [3.05, 3.63) is 89.5 Å². The maximum absolute atomic E-state index is 4.72. The van der Waals surface area contributed by atoms with Gasteiger partial charge in [-0.2, -0.15) is 0 Å². The van der Waals surface area contributed by atoms with Crippen LogP contribution in [0.1, 0.15) is 0 Å². The Labute approximate surface area is 111 Å². The van der Waals surface area contributed by atoms with Gasteiger partial charge in [0, 0.05) is 0 Å². The van der Waals surface area contributed by atoms with E-state index in [0.717, 1.165) is 0 Å². The number of hydrogen-bond acceptors (Lipinski definition) is 0. The van der Waals surface area contributed by atoms with Crippen molar-refractivity contribution in [2.75, 3.05) is 0 Å². The van der Waals surface area contributed by atoms with Gasteiger partial charge in [-0.25, -0.2) is 0 Å². The Morgan fingerprint density at radius 3 is 0.667 bits per heavy atom. The summed E-state index contributed by atoms with van der Waals surface area (Å²) in [6, 6.07) is 0. The molecule has 0 spiro atoms. The molecule has 2 saturated carbocycles. The minimum Gasteiger partial charge on any atom is -0.394 e. The number of allylic oxidation sites excluding steroid dienone is 2. The van der Waals surface area contributed by atoms with E-state index < -0.39 is 0 Å². The molecule has 0 aromatic heterocycles. The SMILES string of the molecule is [CH-]=CC=[CH-].[CH]1[CH][CH][CH][CH]1.[CH]1[CH][CH][CH][CH]1.[Ti+2]. The summed E-state index contributed by atoms with van der Waals surface area (Å²) in [6.45, 7) is 9.44.